The van der Waals surface area contributed by atoms with Gasteiger partial charge in [-0.3, -0.25) is 14.5 Å². The maximum absolute atomic E-state index is 13.5. The predicted octanol–water partition coefficient (Wildman–Crippen LogP) is 3.62. The van der Waals surface area contributed by atoms with Crippen molar-refractivity contribution in [1.29, 1.82) is 0 Å². The standard InChI is InChI=1S/C32H44N2O6/c1-2-3-15-33(16-7-17-35)30(37)21-34-20-27(24-12-13-29-25(19-24)14-18-40-29)31(32(38)39)28(34)11-6-10-23-8-4-5-9-26(23)22-36/h4-5,8-9,12-13,19,27-28,31,35-36H,2-3,6-7,10-11,14-18,20-22H2,1H3,(H,38,39)/t27-,28+,31-/m1/s1. The van der Waals surface area contributed by atoms with Crippen LogP contribution in [0.2, 0.25) is 0 Å². The maximum atomic E-state index is 13.5. The quantitative estimate of drug-likeness (QED) is 0.310. The number of aryl methyl sites for hydroxylation is 1. The normalized spacial score (nSPS) is 20.3. The summed E-state index contributed by atoms with van der Waals surface area (Å²) in [5.74, 6) is -0.837. The van der Waals surface area contributed by atoms with Gasteiger partial charge in [0.05, 0.1) is 25.7 Å². The SMILES string of the molecule is CCCCN(CCCO)C(=O)CN1C[C@H](c2ccc3c(c2)CCO3)[C@@H](C(=O)O)[C@@H]1CCCc1ccccc1CO. The minimum atomic E-state index is -0.833. The van der Waals surface area contributed by atoms with Crippen molar-refractivity contribution in [2.24, 2.45) is 5.92 Å². The Balaban J connectivity index is 1.57. The van der Waals surface area contributed by atoms with Crippen LogP contribution in [0.1, 0.15) is 67.2 Å². The fourth-order valence-electron chi connectivity index (χ4n) is 6.33. The maximum Gasteiger partial charge on any atom is 0.308 e. The number of carboxylic acids is 1. The summed E-state index contributed by atoms with van der Waals surface area (Å²) in [5.41, 5.74) is 4.07. The van der Waals surface area contributed by atoms with Gasteiger partial charge in [0.15, 0.2) is 0 Å². The number of hydrogen-bond acceptors (Lipinski definition) is 6. The lowest BCUT2D eigenvalue weighted by atomic mass is 9.83. The van der Waals surface area contributed by atoms with Crippen molar-refractivity contribution in [3.05, 3.63) is 64.7 Å². The van der Waals surface area contributed by atoms with Crippen LogP contribution in [0.4, 0.5) is 0 Å². The van der Waals surface area contributed by atoms with Gasteiger partial charge in [-0.1, -0.05) is 49.7 Å². The second-order valence-corrected chi connectivity index (χ2v) is 11.1. The zero-order chi connectivity index (χ0) is 28.5. The number of carbonyl (C=O) groups excluding carboxylic acids is 1. The smallest absolute Gasteiger partial charge is 0.308 e. The molecule has 4 rings (SSSR count). The largest absolute Gasteiger partial charge is 0.493 e. The van der Waals surface area contributed by atoms with Crippen LogP contribution >= 0.6 is 0 Å². The third kappa shape index (κ3) is 7.22. The molecule has 2 heterocycles. The Morgan fingerprint density at radius 3 is 2.55 bits per heavy atom. The summed E-state index contributed by atoms with van der Waals surface area (Å²) in [6.07, 6.45) is 5.34. The third-order valence-electron chi connectivity index (χ3n) is 8.47. The van der Waals surface area contributed by atoms with E-state index in [0.717, 1.165) is 60.1 Å². The van der Waals surface area contributed by atoms with E-state index in [2.05, 4.69) is 17.9 Å². The van der Waals surface area contributed by atoms with Crippen LogP contribution in [-0.4, -0.2) is 82.4 Å². The van der Waals surface area contributed by atoms with Crippen LogP contribution in [0.15, 0.2) is 42.5 Å². The van der Waals surface area contributed by atoms with E-state index >= 15 is 0 Å². The van der Waals surface area contributed by atoms with Gasteiger partial charge in [0.25, 0.3) is 0 Å². The van der Waals surface area contributed by atoms with Gasteiger partial charge < -0.3 is 25.0 Å². The third-order valence-corrected chi connectivity index (χ3v) is 8.47. The minimum absolute atomic E-state index is 0.00957. The number of benzene rings is 2. The van der Waals surface area contributed by atoms with E-state index in [0.29, 0.717) is 39.1 Å². The van der Waals surface area contributed by atoms with Crippen molar-refractivity contribution >= 4 is 11.9 Å². The summed E-state index contributed by atoms with van der Waals surface area (Å²) in [4.78, 5) is 30.2. The van der Waals surface area contributed by atoms with Crippen LogP contribution in [0.25, 0.3) is 0 Å². The number of unbranched alkanes of at least 4 members (excludes halogenated alkanes) is 1. The summed E-state index contributed by atoms with van der Waals surface area (Å²) in [5, 5.41) is 29.6. The zero-order valence-electron chi connectivity index (χ0n) is 23.6. The number of carboxylic acid groups (broad SMARTS) is 1. The van der Waals surface area contributed by atoms with E-state index in [4.69, 9.17) is 4.74 Å². The highest BCUT2D eigenvalue weighted by Crippen LogP contribution is 2.41. The van der Waals surface area contributed by atoms with E-state index in [9.17, 15) is 24.9 Å². The average Bonchev–Trinajstić information content (AvgIpc) is 3.57. The molecule has 2 aromatic carbocycles. The number of carbonyl (C=O) groups is 2. The van der Waals surface area contributed by atoms with Crippen molar-refractivity contribution < 1.29 is 29.6 Å². The molecule has 2 aliphatic rings. The number of likely N-dealkylation sites (tertiary alicyclic amines) is 1. The van der Waals surface area contributed by atoms with Gasteiger partial charge in [-0.2, -0.15) is 0 Å². The number of nitrogens with zero attached hydrogens (tertiary/aromatic N) is 2. The molecular formula is C32H44N2O6. The van der Waals surface area contributed by atoms with Crippen molar-refractivity contribution in [2.45, 2.75) is 70.4 Å². The molecule has 0 aromatic heterocycles. The first-order valence-electron chi connectivity index (χ1n) is 14.8. The zero-order valence-corrected chi connectivity index (χ0v) is 23.6. The average molecular weight is 553 g/mol. The number of aliphatic carboxylic acids is 1. The summed E-state index contributed by atoms with van der Waals surface area (Å²) in [6.45, 7) is 4.55. The lowest BCUT2D eigenvalue weighted by Gasteiger charge is -2.30. The number of amides is 1. The number of aliphatic hydroxyl groups is 2. The molecule has 3 atom stereocenters. The molecule has 0 radical (unpaired) electrons. The van der Waals surface area contributed by atoms with E-state index in [1.807, 2.05) is 41.3 Å². The van der Waals surface area contributed by atoms with E-state index in [1.54, 1.807) is 0 Å². The summed E-state index contributed by atoms with van der Waals surface area (Å²) in [6, 6.07) is 13.5. The van der Waals surface area contributed by atoms with Crippen LogP contribution in [0.3, 0.4) is 0 Å². The molecule has 3 N–H and O–H groups in total. The fraction of sp³-hybridized carbons (Fsp3) is 0.562. The molecule has 2 aliphatic heterocycles. The Bertz CT molecular complexity index is 1130. The van der Waals surface area contributed by atoms with Crippen molar-refractivity contribution in [1.82, 2.24) is 9.80 Å². The lowest BCUT2D eigenvalue weighted by molar-refractivity contribution is -0.144. The Labute approximate surface area is 237 Å². The molecule has 0 saturated carbocycles. The van der Waals surface area contributed by atoms with Gasteiger partial charge in [0.1, 0.15) is 5.75 Å². The Kier molecular flexibility index (Phi) is 11.0. The number of hydrogen-bond donors (Lipinski definition) is 3. The van der Waals surface area contributed by atoms with Crippen molar-refractivity contribution in [3.63, 3.8) is 0 Å². The van der Waals surface area contributed by atoms with Crippen molar-refractivity contribution in [2.75, 3.05) is 39.4 Å². The van der Waals surface area contributed by atoms with Gasteiger partial charge >= 0.3 is 5.97 Å². The second kappa shape index (κ2) is 14.6. The molecule has 1 saturated heterocycles. The molecular weight excluding hydrogens is 508 g/mol. The van der Waals surface area contributed by atoms with Crippen molar-refractivity contribution in [3.8, 4) is 5.75 Å². The first-order chi connectivity index (χ1) is 19.5. The molecule has 2 aromatic rings. The number of aliphatic hydroxyl groups excluding tert-OH is 2. The Hall–Kier alpha value is -2.94. The first kappa shape index (κ1) is 30.0. The van der Waals surface area contributed by atoms with Gasteiger partial charge in [-0.15, -0.1) is 0 Å². The molecule has 8 heteroatoms. The predicted molar refractivity (Wildman–Crippen MR) is 153 cm³/mol. The Morgan fingerprint density at radius 2 is 1.82 bits per heavy atom. The topological polar surface area (TPSA) is 111 Å². The first-order valence-corrected chi connectivity index (χ1v) is 14.8. The summed E-state index contributed by atoms with van der Waals surface area (Å²) >= 11 is 0. The molecule has 0 spiro atoms. The number of fused-ring (bicyclic) bond motifs is 1. The van der Waals surface area contributed by atoms with Crippen LogP contribution in [-0.2, 0) is 29.0 Å². The molecule has 8 nitrogen and oxygen atoms in total. The highest BCUT2D eigenvalue weighted by Gasteiger charge is 2.47. The molecule has 218 valence electrons. The van der Waals surface area contributed by atoms with Crippen LogP contribution in [0, 0.1) is 5.92 Å². The van der Waals surface area contributed by atoms with Gasteiger partial charge in [0, 0.05) is 44.6 Å². The van der Waals surface area contributed by atoms with Crippen LogP contribution in [0.5, 0.6) is 5.75 Å². The summed E-state index contributed by atoms with van der Waals surface area (Å²) in [7, 11) is 0. The number of ether oxygens (including phenoxy) is 1. The highest BCUT2D eigenvalue weighted by molar-refractivity contribution is 5.79. The van der Waals surface area contributed by atoms with E-state index in [-0.39, 0.29) is 37.6 Å². The molecule has 0 bridgehead atoms. The Morgan fingerprint density at radius 1 is 1.05 bits per heavy atom. The molecule has 1 fully saturated rings. The molecule has 0 unspecified atom stereocenters. The van der Waals surface area contributed by atoms with Gasteiger partial charge in [0.2, 0.25) is 5.91 Å². The minimum Gasteiger partial charge on any atom is -0.493 e. The van der Waals surface area contributed by atoms with Gasteiger partial charge in [-0.25, -0.2) is 0 Å². The lowest BCUT2D eigenvalue weighted by Crippen LogP contribution is -2.44. The monoisotopic (exact) mass is 552 g/mol. The molecule has 1 amide bonds. The highest BCUT2D eigenvalue weighted by atomic mass is 16.5. The second-order valence-electron chi connectivity index (χ2n) is 11.1. The molecule has 40 heavy (non-hydrogen) atoms. The van der Waals surface area contributed by atoms with Crippen LogP contribution < -0.4 is 4.74 Å². The summed E-state index contributed by atoms with van der Waals surface area (Å²) < 4.78 is 5.68. The van der Waals surface area contributed by atoms with E-state index < -0.39 is 11.9 Å². The number of rotatable bonds is 15. The van der Waals surface area contributed by atoms with E-state index in [1.165, 1.54) is 0 Å². The fourth-order valence-corrected chi connectivity index (χ4v) is 6.33. The van der Waals surface area contributed by atoms with Gasteiger partial charge in [-0.05, 0) is 60.4 Å². The molecule has 0 aliphatic carbocycles.